The summed E-state index contributed by atoms with van der Waals surface area (Å²) < 4.78 is 5.23. The minimum Gasteiger partial charge on any atom is -0.495 e. The number of carbonyl (C=O) groups is 1. The number of hydrogen-bond acceptors (Lipinski definition) is 5. The highest BCUT2D eigenvalue weighted by Crippen LogP contribution is 2.38. The average Bonchev–Trinajstić information content (AvgIpc) is 2.65. The highest BCUT2D eigenvalue weighted by Gasteiger charge is 2.31. The zero-order chi connectivity index (χ0) is 19.7. The van der Waals surface area contributed by atoms with Crippen LogP contribution in [0.15, 0.2) is 29.2 Å². The zero-order valence-corrected chi connectivity index (χ0v) is 16.8. The van der Waals surface area contributed by atoms with Crippen molar-refractivity contribution in [2.45, 2.75) is 24.7 Å². The van der Waals surface area contributed by atoms with Crippen molar-refractivity contribution in [3.05, 3.63) is 56.1 Å². The van der Waals surface area contributed by atoms with E-state index in [0.29, 0.717) is 22.2 Å². The lowest BCUT2D eigenvalue weighted by Gasteiger charge is -2.31. The Kier molecular flexibility index (Phi) is 5.62. The Morgan fingerprint density at radius 1 is 1.33 bits per heavy atom. The summed E-state index contributed by atoms with van der Waals surface area (Å²) in [7, 11) is 1.45. The van der Waals surface area contributed by atoms with Crippen molar-refractivity contribution in [3.63, 3.8) is 0 Å². The van der Waals surface area contributed by atoms with E-state index in [9.17, 15) is 14.9 Å². The van der Waals surface area contributed by atoms with Gasteiger partial charge in [0, 0.05) is 11.6 Å². The summed E-state index contributed by atoms with van der Waals surface area (Å²) in [5.74, 6) is -0.00113. The Morgan fingerprint density at radius 2 is 2.07 bits per heavy atom. The fourth-order valence-electron chi connectivity index (χ4n) is 3.46. The maximum Gasteiger partial charge on any atom is 0.285 e. The summed E-state index contributed by atoms with van der Waals surface area (Å²) in [6, 6.07) is 6.53. The summed E-state index contributed by atoms with van der Waals surface area (Å²) in [5, 5.41) is 12.2. The molecular formula is C19H19ClN2O4S. The third-order valence-corrected chi connectivity index (χ3v) is 5.59. The molecule has 0 saturated heterocycles. The summed E-state index contributed by atoms with van der Waals surface area (Å²) >= 11 is 7.53. The van der Waals surface area contributed by atoms with E-state index < -0.39 is 4.92 Å². The number of fused-ring (bicyclic) bond motifs is 1. The second kappa shape index (κ2) is 7.78. The summed E-state index contributed by atoms with van der Waals surface area (Å²) in [6.07, 6.45) is 3.43. The molecule has 2 aromatic carbocycles. The molecule has 0 saturated carbocycles. The number of methoxy groups -OCH3 is 1. The molecule has 6 nitrogen and oxygen atoms in total. The van der Waals surface area contributed by atoms with Crippen LogP contribution in [0.25, 0.3) is 0 Å². The molecule has 142 valence electrons. The number of ether oxygens (including phenoxy) is 1. The predicted molar refractivity (Wildman–Crippen MR) is 108 cm³/mol. The lowest BCUT2D eigenvalue weighted by molar-refractivity contribution is -0.385. The van der Waals surface area contributed by atoms with Crippen molar-refractivity contribution in [2.24, 2.45) is 0 Å². The minimum absolute atomic E-state index is 0.0624. The molecule has 0 aliphatic carbocycles. The largest absolute Gasteiger partial charge is 0.495 e. The van der Waals surface area contributed by atoms with Gasteiger partial charge in [-0.2, -0.15) is 0 Å². The van der Waals surface area contributed by atoms with Gasteiger partial charge in [-0.25, -0.2) is 0 Å². The molecule has 8 heteroatoms. The molecule has 0 bridgehead atoms. The Morgan fingerprint density at radius 3 is 2.70 bits per heavy atom. The molecule has 1 aliphatic heterocycles. The molecular weight excluding hydrogens is 388 g/mol. The van der Waals surface area contributed by atoms with E-state index in [1.54, 1.807) is 11.0 Å². The van der Waals surface area contributed by atoms with Gasteiger partial charge in [-0.3, -0.25) is 14.9 Å². The molecule has 0 atom stereocenters. The number of carbonyl (C=O) groups excluding carboxylic acids is 1. The fourth-order valence-corrected chi connectivity index (χ4v) is 4.33. The predicted octanol–water partition coefficient (Wildman–Crippen LogP) is 4.88. The molecule has 1 aliphatic rings. The molecule has 0 fully saturated rings. The van der Waals surface area contributed by atoms with Crippen LogP contribution < -0.4 is 9.64 Å². The van der Waals surface area contributed by atoms with Gasteiger partial charge >= 0.3 is 0 Å². The number of thioether (sulfide) groups is 1. The van der Waals surface area contributed by atoms with E-state index in [-0.39, 0.29) is 17.2 Å². The first kappa shape index (κ1) is 19.5. The molecule has 0 spiro atoms. The third kappa shape index (κ3) is 3.61. The van der Waals surface area contributed by atoms with Crippen LogP contribution in [0.3, 0.4) is 0 Å². The highest BCUT2D eigenvalue weighted by molar-refractivity contribution is 7.98. The smallest absolute Gasteiger partial charge is 0.285 e. The van der Waals surface area contributed by atoms with Crippen LogP contribution in [0.2, 0.25) is 5.02 Å². The van der Waals surface area contributed by atoms with Crippen LogP contribution in [0.5, 0.6) is 5.75 Å². The molecule has 3 rings (SSSR count). The number of nitrogens with zero attached hydrogens (tertiary/aromatic N) is 2. The molecule has 1 heterocycles. The van der Waals surface area contributed by atoms with Gasteiger partial charge in [0.2, 0.25) is 0 Å². The van der Waals surface area contributed by atoms with E-state index in [2.05, 4.69) is 0 Å². The second-order valence-corrected chi connectivity index (χ2v) is 7.56. The van der Waals surface area contributed by atoms with Crippen LogP contribution >= 0.6 is 23.4 Å². The zero-order valence-electron chi connectivity index (χ0n) is 15.2. The van der Waals surface area contributed by atoms with E-state index in [0.717, 1.165) is 29.7 Å². The van der Waals surface area contributed by atoms with Gasteiger partial charge in [-0.1, -0.05) is 11.6 Å². The molecule has 2 aromatic rings. The first-order valence-electron chi connectivity index (χ1n) is 8.38. The molecule has 27 heavy (non-hydrogen) atoms. The van der Waals surface area contributed by atoms with E-state index in [1.165, 1.54) is 24.9 Å². The molecule has 0 aromatic heterocycles. The van der Waals surface area contributed by atoms with Crippen LogP contribution in [0.4, 0.5) is 11.4 Å². The minimum atomic E-state index is -0.542. The van der Waals surface area contributed by atoms with Crippen LogP contribution in [0, 0.1) is 17.0 Å². The van der Waals surface area contributed by atoms with Crippen molar-refractivity contribution in [1.82, 2.24) is 0 Å². The molecule has 0 radical (unpaired) electrons. The lowest BCUT2D eigenvalue weighted by atomic mass is 9.97. The van der Waals surface area contributed by atoms with Gasteiger partial charge in [0.1, 0.15) is 11.3 Å². The highest BCUT2D eigenvalue weighted by atomic mass is 35.5. The number of benzene rings is 2. The van der Waals surface area contributed by atoms with Gasteiger partial charge in [-0.15, -0.1) is 11.8 Å². The number of anilines is 1. The number of nitro groups is 1. The number of hydrogen-bond donors (Lipinski definition) is 0. The van der Waals surface area contributed by atoms with Gasteiger partial charge < -0.3 is 9.64 Å². The van der Waals surface area contributed by atoms with Crippen LogP contribution in [-0.4, -0.2) is 30.7 Å². The maximum atomic E-state index is 13.3. The van der Waals surface area contributed by atoms with Crippen molar-refractivity contribution >= 4 is 40.6 Å². The topological polar surface area (TPSA) is 72.7 Å². The monoisotopic (exact) mass is 406 g/mol. The van der Waals surface area contributed by atoms with Crippen molar-refractivity contribution in [2.75, 3.05) is 24.8 Å². The van der Waals surface area contributed by atoms with Crippen LogP contribution in [-0.2, 0) is 6.42 Å². The van der Waals surface area contributed by atoms with Gasteiger partial charge in [0.15, 0.2) is 0 Å². The number of halogens is 1. The number of rotatable bonds is 4. The second-order valence-electron chi connectivity index (χ2n) is 6.27. The Labute approximate surface area is 166 Å². The summed E-state index contributed by atoms with van der Waals surface area (Å²) in [4.78, 5) is 26.7. The number of amides is 1. The Hall–Kier alpha value is -2.25. The maximum absolute atomic E-state index is 13.3. The summed E-state index contributed by atoms with van der Waals surface area (Å²) in [6.45, 7) is 2.40. The average molecular weight is 407 g/mol. The van der Waals surface area contributed by atoms with Crippen molar-refractivity contribution in [3.8, 4) is 5.75 Å². The van der Waals surface area contributed by atoms with Crippen LogP contribution in [0.1, 0.15) is 27.9 Å². The standard InChI is InChI=1S/C19H19ClN2O4S/c1-11-7-13(20)8-12-5-4-6-21(18(11)12)19(23)14-9-17(27-3)16(26-2)10-15(14)22(24)25/h7-10H,4-6H2,1-3H3. The first-order valence-corrected chi connectivity index (χ1v) is 9.99. The van der Waals surface area contributed by atoms with Gasteiger partial charge in [-0.05, 0) is 55.3 Å². The molecule has 1 amide bonds. The number of nitro benzene ring substituents is 1. The SMILES string of the molecule is COc1cc([N+](=O)[O-])c(C(=O)N2CCCc3cc(Cl)cc(C)c32)cc1SC. The Bertz CT molecular complexity index is 932. The normalized spacial score (nSPS) is 13.3. The quantitative estimate of drug-likeness (QED) is 0.411. The fraction of sp³-hybridized carbons (Fsp3) is 0.316. The lowest BCUT2D eigenvalue weighted by Crippen LogP contribution is -2.36. The summed E-state index contributed by atoms with van der Waals surface area (Å²) in [5.41, 5.74) is 2.47. The van der Waals surface area contributed by atoms with E-state index >= 15 is 0 Å². The molecule has 0 N–H and O–H groups in total. The van der Waals surface area contributed by atoms with Gasteiger partial charge in [0.25, 0.3) is 11.6 Å². The van der Waals surface area contributed by atoms with E-state index in [1.807, 2.05) is 25.3 Å². The van der Waals surface area contributed by atoms with Crippen molar-refractivity contribution in [1.29, 1.82) is 0 Å². The third-order valence-electron chi connectivity index (χ3n) is 4.62. The van der Waals surface area contributed by atoms with E-state index in [4.69, 9.17) is 16.3 Å². The first-order chi connectivity index (χ1) is 12.9. The number of aryl methyl sites for hydroxylation is 2. The Balaban J connectivity index is 2.14. The van der Waals surface area contributed by atoms with Gasteiger partial charge in [0.05, 0.1) is 28.7 Å². The van der Waals surface area contributed by atoms with Crippen molar-refractivity contribution < 1.29 is 14.5 Å². The molecule has 0 unspecified atom stereocenters.